The van der Waals surface area contributed by atoms with Crippen LogP contribution in [0, 0.1) is 10.1 Å². The number of halogens is 2. The molecule has 0 atom stereocenters. The van der Waals surface area contributed by atoms with Gasteiger partial charge in [0.25, 0.3) is 11.6 Å². The molecule has 0 radical (unpaired) electrons. The molecule has 0 saturated carbocycles. The monoisotopic (exact) mass is 467 g/mol. The number of carbonyl (C=O) groups is 3. The van der Waals surface area contributed by atoms with Crippen molar-refractivity contribution < 1.29 is 19.3 Å². The highest BCUT2D eigenvalue weighted by Gasteiger charge is 2.13. The first kappa shape index (κ1) is 23.9. The quantitative estimate of drug-likeness (QED) is 0.239. The third kappa shape index (κ3) is 7.76. The van der Waals surface area contributed by atoms with Crippen molar-refractivity contribution in [3.63, 3.8) is 0 Å². The number of nitrogens with zero attached hydrogens (tertiary/aromatic N) is 1. The first-order valence-corrected chi connectivity index (χ1v) is 9.77. The van der Waals surface area contributed by atoms with Crippen LogP contribution < -0.4 is 21.3 Å². The van der Waals surface area contributed by atoms with E-state index in [1.807, 2.05) is 0 Å². The van der Waals surface area contributed by atoms with Crippen LogP contribution in [-0.2, 0) is 9.59 Å². The molecule has 0 spiro atoms. The molecule has 2 aromatic carbocycles. The number of nitro benzene ring substituents is 1. The van der Waals surface area contributed by atoms with Crippen molar-refractivity contribution in [2.24, 2.45) is 0 Å². The molecule has 2 rings (SSSR count). The normalized spacial score (nSPS) is 10.1. The zero-order chi connectivity index (χ0) is 22.8. The van der Waals surface area contributed by atoms with Crippen LogP contribution in [0.3, 0.4) is 0 Å². The van der Waals surface area contributed by atoms with Gasteiger partial charge >= 0.3 is 0 Å². The van der Waals surface area contributed by atoms with Gasteiger partial charge in [-0.15, -0.1) is 0 Å². The van der Waals surface area contributed by atoms with Gasteiger partial charge in [0, 0.05) is 24.2 Å². The van der Waals surface area contributed by atoms with E-state index in [0.29, 0.717) is 10.7 Å². The Morgan fingerprint density at radius 2 is 1.58 bits per heavy atom. The van der Waals surface area contributed by atoms with E-state index in [1.54, 1.807) is 18.2 Å². The highest BCUT2D eigenvalue weighted by molar-refractivity contribution is 6.36. The lowest BCUT2D eigenvalue weighted by atomic mass is 10.2. The van der Waals surface area contributed by atoms with Crippen molar-refractivity contribution in [2.75, 3.05) is 31.5 Å². The van der Waals surface area contributed by atoms with Gasteiger partial charge in [0.1, 0.15) is 5.69 Å². The van der Waals surface area contributed by atoms with Gasteiger partial charge in [-0.1, -0.05) is 35.3 Å². The maximum absolute atomic E-state index is 12.0. The van der Waals surface area contributed by atoms with Crippen LogP contribution in [0.25, 0.3) is 0 Å². The standard InChI is InChI=1S/C19H19Cl2N5O5/c20-12-5-6-13(14(21)9-12)19(29)25-11-18(28)24-10-17(27)23-8-7-22-15-3-1-2-4-16(15)26(30)31/h1-6,9,22H,7-8,10-11H2,(H,23,27)(H,24,28)(H,25,29). The van der Waals surface area contributed by atoms with Crippen molar-refractivity contribution in [1.29, 1.82) is 0 Å². The molecule has 31 heavy (non-hydrogen) atoms. The summed E-state index contributed by atoms with van der Waals surface area (Å²) in [6, 6.07) is 10.5. The fourth-order valence-corrected chi connectivity index (χ4v) is 2.91. The summed E-state index contributed by atoms with van der Waals surface area (Å²) >= 11 is 11.7. The lowest BCUT2D eigenvalue weighted by molar-refractivity contribution is -0.384. The SMILES string of the molecule is O=C(CNC(=O)CNC(=O)c1ccc(Cl)cc1Cl)NCCNc1ccccc1[N+](=O)[O-]. The van der Waals surface area contributed by atoms with E-state index in [4.69, 9.17) is 23.2 Å². The molecule has 10 nitrogen and oxygen atoms in total. The maximum atomic E-state index is 12.0. The fraction of sp³-hybridized carbons (Fsp3) is 0.211. The molecule has 0 unspecified atom stereocenters. The van der Waals surface area contributed by atoms with E-state index in [0.717, 1.165) is 0 Å². The Morgan fingerprint density at radius 3 is 2.29 bits per heavy atom. The Labute approximate surface area is 187 Å². The minimum Gasteiger partial charge on any atom is -0.378 e. The molecule has 0 saturated heterocycles. The van der Waals surface area contributed by atoms with Crippen molar-refractivity contribution in [1.82, 2.24) is 16.0 Å². The number of hydrogen-bond acceptors (Lipinski definition) is 6. The van der Waals surface area contributed by atoms with E-state index in [1.165, 1.54) is 24.3 Å². The number of para-hydroxylation sites is 2. The average Bonchev–Trinajstić information content (AvgIpc) is 2.73. The Bertz CT molecular complexity index is 986. The van der Waals surface area contributed by atoms with E-state index in [2.05, 4.69) is 21.3 Å². The molecule has 3 amide bonds. The number of nitrogens with one attached hydrogen (secondary N) is 4. The van der Waals surface area contributed by atoms with Gasteiger partial charge in [-0.05, 0) is 24.3 Å². The Kier molecular flexibility index (Phi) is 9.04. The summed E-state index contributed by atoms with van der Waals surface area (Å²) in [5.74, 6) is -1.57. The zero-order valence-electron chi connectivity index (χ0n) is 16.1. The first-order valence-electron chi connectivity index (χ1n) is 9.02. The fourth-order valence-electron chi connectivity index (χ4n) is 2.41. The number of amides is 3. The smallest absolute Gasteiger partial charge is 0.292 e. The molecule has 4 N–H and O–H groups in total. The largest absolute Gasteiger partial charge is 0.378 e. The molecule has 12 heteroatoms. The summed E-state index contributed by atoms with van der Waals surface area (Å²) in [5, 5.41) is 21.6. The van der Waals surface area contributed by atoms with E-state index >= 15 is 0 Å². The van der Waals surface area contributed by atoms with Crippen LogP contribution in [0.5, 0.6) is 0 Å². The molecule has 0 fully saturated rings. The minimum atomic E-state index is -0.563. The van der Waals surface area contributed by atoms with Crippen LogP contribution >= 0.6 is 23.2 Å². The van der Waals surface area contributed by atoms with Crippen LogP contribution in [0.2, 0.25) is 10.0 Å². The molecule has 0 aliphatic heterocycles. The van der Waals surface area contributed by atoms with Gasteiger partial charge in [-0.25, -0.2) is 0 Å². The highest BCUT2D eigenvalue weighted by Crippen LogP contribution is 2.22. The van der Waals surface area contributed by atoms with Gasteiger partial charge in [-0.2, -0.15) is 0 Å². The number of hydrogen-bond donors (Lipinski definition) is 4. The summed E-state index contributed by atoms with van der Waals surface area (Å²) in [5.41, 5.74) is 0.442. The lowest BCUT2D eigenvalue weighted by Gasteiger charge is -2.10. The second-order valence-electron chi connectivity index (χ2n) is 6.13. The number of anilines is 1. The molecule has 0 aromatic heterocycles. The summed E-state index contributed by atoms with van der Waals surface area (Å²) in [4.78, 5) is 46.1. The molecule has 2 aromatic rings. The molecule has 0 heterocycles. The second-order valence-corrected chi connectivity index (χ2v) is 6.98. The third-order valence-corrected chi connectivity index (χ3v) is 4.44. The molecule has 0 bridgehead atoms. The zero-order valence-corrected chi connectivity index (χ0v) is 17.6. The van der Waals surface area contributed by atoms with E-state index < -0.39 is 22.6 Å². The predicted octanol–water partition coefficient (Wildman–Crippen LogP) is 1.98. The Hall–Kier alpha value is -3.37. The average molecular weight is 468 g/mol. The summed E-state index contributed by atoms with van der Waals surface area (Å²) in [7, 11) is 0. The number of carbonyl (C=O) groups excluding carboxylic acids is 3. The van der Waals surface area contributed by atoms with Crippen molar-refractivity contribution in [2.45, 2.75) is 0 Å². The maximum Gasteiger partial charge on any atom is 0.292 e. The molecular formula is C19H19Cl2N5O5. The van der Waals surface area contributed by atoms with Crippen molar-refractivity contribution >= 4 is 52.3 Å². The van der Waals surface area contributed by atoms with E-state index in [9.17, 15) is 24.5 Å². The lowest BCUT2D eigenvalue weighted by Crippen LogP contribution is -2.42. The van der Waals surface area contributed by atoms with Crippen molar-refractivity contribution in [3.8, 4) is 0 Å². The van der Waals surface area contributed by atoms with Crippen LogP contribution in [-0.4, -0.2) is 48.8 Å². The molecule has 164 valence electrons. The van der Waals surface area contributed by atoms with Gasteiger partial charge in [-0.3, -0.25) is 24.5 Å². The van der Waals surface area contributed by atoms with Crippen LogP contribution in [0.1, 0.15) is 10.4 Å². The van der Waals surface area contributed by atoms with Crippen molar-refractivity contribution in [3.05, 3.63) is 68.2 Å². The van der Waals surface area contributed by atoms with Gasteiger partial charge < -0.3 is 21.3 Å². The Morgan fingerprint density at radius 1 is 0.903 bits per heavy atom. The second kappa shape index (κ2) is 11.7. The minimum absolute atomic E-state index is 0.0666. The Balaban J connectivity index is 1.65. The highest BCUT2D eigenvalue weighted by atomic mass is 35.5. The van der Waals surface area contributed by atoms with Gasteiger partial charge in [0.05, 0.1) is 28.6 Å². The van der Waals surface area contributed by atoms with Gasteiger partial charge in [0.2, 0.25) is 11.8 Å². The number of benzene rings is 2. The summed E-state index contributed by atoms with van der Waals surface area (Å²) in [6.07, 6.45) is 0. The topological polar surface area (TPSA) is 142 Å². The predicted molar refractivity (Wildman–Crippen MR) is 116 cm³/mol. The first-order chi connectivity index (χ1) is 14.8. The molecular weight excluding hydrogens is 449 g/mol. The number of nitro groups is 1. The third-order valence-electron chi connectivity index (χ3n) is 3.89. The van der Waals surface area contributed by atoms with Crippen LogP contribution in [0.15, 0.2) is 42.5 Å². The molecule has 0 aliphatic rings. The van der Waals surface area contributed by atoms with E-state index in [-0.39, 0.29) is 42.5 Å². The summed E-state index contributed by atoms with van der Waals surface area (Å²) < 4.78 is 0. The number of rotatable bonds is 10. The molecule has 0 aliphatic carbocycles. The van der Waals surface area contributed by atoms with Gasteiger partial charge in [0.15, 0.2) is 0 Å². The summed E-state index contributed by atoms with van der Waals surface area (Å²) in [6.45, 7) is -0.193. The van der Waals surface area contributed by atoms with Crippen LogP contribution in [0.4, 0.5) is 11.4 Å².